The smallest absolute Gasteiger partial charge is 0.319 e. The predicted octanol–water partition coefficient (Wildman–Crippen LogP) is 1.58. The van der Waals surface area contributed by atoms with Gasteiger partial charge >= 0.3 is 6.03 Å². The van der Waals surface area contributed by atoms with E-state index in [2.05, 4.69) is 30.7 Å². The Bertz CT molecular complexity index is 708. The molecule has 8 nitrogen and oxygen atoms in total. The second-order valence-electron chi connectivity index (χ2n) is 5.73. The van der Waals surface area contributed by atoms with Gasteiger partial charge in [0.1, 0.15) is 5.82 Å². The molecule has 0 radical (unpaired) electrons. The number of aryl methyl sites for hydroxylation is 2. The number of nitrogens with one attached hydrogen (secondary N) is 3. The fourth-order valence-electron chi connectivity index (χ4n) is 2.54. The zero-order valence-electron chi connectivity index (χ0n) is 13.9. The van der Waals surface area contributed by atoms with E-state index in [9.17, 15) is 4.79 Å². The Morgan fingerprint density at radius 3 is 2.79 bits per heavy atom. The van der Waals surface area contributed by atoms with Crippen LogP contribution in [0.25, 0.3) is 0 Å². The first-order chi connectivity index (χ1) is 11.6. The zero-order chi connectivity index (χ0) is 16.9. The number of nitrogens with zero attached hydrogens (tertiary/aromatic N) is 3. The van der Waals surface area contributed by atoms with Crippen LogP contribution in [-0.2, 0) is 11.3 Å². The third kappa shape index (κ3) is 3.83. The van der Waals surface area contributed by atoms with Gasteiger partial charge in [0.2, 0.25) is 0 Å². The Hall–Kier alpha value is -2.61. The van der Waals surface area contributed by atoms with E-state index in [0.717, 1.165) is 49.1 Å². The van der Waals surface area contributed by atoms with Crippen LogP contribution in [0.2, 0.25) is 0 Å². The number of aromatic amines is 1. The second kappa shape index (κ2) is 7.31. The maximum absolute atomic E-state index is 12.1. The standard InChI is InChI=1S/C16H22N6O2/c1-11-13(10-18-21-11)9-17-16(23)20-14-3-4-15(19-12(14)2)22-5-7-24-8-6-22/h3-4,10H,5-9H2,1-2H3,(H,18,21)(H2,17,20,23). The Morgan fingerprint density at radius 1 is 1.33 bits per heavy atom. The first-order valence-corrected chi connectivity index (χ1v) is 7.97. The SMILES string of the molecule is Cc1nc(N2CCOCC2)ccc1NC(=O)NCc1cn[nH]c1C. The third-order valence-electron chi connectivity index (χ3n) is 4.03. The second-order valence-corrected chi connectivity index (χ2v) is 5.73. The molecule has 1 saturated heterocycles. The molecule has 2 amide bonds. The van der Waals surface area contributed by atoms with E-state index in [1.54, 1.807) is 6.20 Å². The molecule has 0 unspecified atom stereocenters. The number of morpholine rings is 1. The predicted molar refractivity (Wildman–Crippen MR) is 91.2 cm³/mol. The summed E-state index contributed by atoms with van der Waals surface area (Å²) in [7, 11) is 0. The molecule has 0 aromatic carbocycles. The Kier molecular flexibility index (Phi) is 4.95. The molecule has 3 rings (SSSR count). The Labute approximate surface area is 140 Å². The average Bonchev–Trinajstić information content (AvgIpc) is 3.01. The molecule has 0 atom stereocenters. The number of rotatable bonds is 4. The molecule has 0 spiro atoms. The fraction of sp³-hybridized carbons (Fsp3) is 0.438. The van der Waals surface area contributed by atoms with Crippen molar-refractivity contribution in [1.29, 1.82) is 0 Å². The van der Waals surface area contributed by atoms with Crippen molar-refractivity contribution in [2.45, 2.75) is 20.4 Å². The van der Waals surface area contributed by atoms with Crippen LogP contribution < -0.4 is 15.5 Å². The summed E-state index contributed by atoms with van der Waals surface area (Å²) in [6.45, 7) is 7.34. The number of hydrogen-bond donors (Lipinski definition) is 3. The summed E-state index contributed by atoms with van der Waals surface area (Å²) < 4.78 is 5.35. The lowest BCUT2D eigenvalue weighted by Crippen LogP contribution is -2.36. The van der Waals surface area contributed by atoms with Crippen molar-refractivity contribution in [2.75, 3.05) is 36.5 Å². The third-order valence-corrected chi connectivity index (χ3v) is 4.03. The number of carbonyl (C=O) groups is 1. The molecule has 1 aliphatic heterocycles. The molecule has 128 valence electrons. The number of urea groups is 1. The number of amides is 2. The molecule has 3 heterocycles. The molecule has 2 aromatic heterocycles. The quantitative estimate of drug-likeness (QED) is 0.791. The van der Waals surface area contributed by atoms with Crippen molar-refractivity contribution in [3.05, 3.63) is 35.3 Å². The van der Waals surface area contributed by atoms with Gasteiger partial charge in [-0.25, -0.2) is 9.78 Å². The number of H-pyrrole nitrogens is 1. The Balaban J connectivity index is 1.58. The van der Waals surface area contributed by atoms with Gasteiger partial charge in [0.05, 0.1) is 30.8 Å². The normalized spacial score (nSPS) is 14.5. The highest BCUT2D eigenvalue weighted by Crippen LogP contribution is 2.19. The van der Waals surface area contributed by atoms with Gasteiger partial charge in [-0.05, 0) is 26.0 Å². The summed E-state index contributed by atoms with van der Waals surface area (Å²) in [5, 5.41) is 12.4. The summed E-state index contributed by atoms with van der Waals surface area (Å²) in [5.41, 5.74) is 3.40. The van der Waals surface area contributed by atoms with Gasteiger partial charge in [-0.2, -0.15) is 5.10 Å². The molecule has 1 fully saturated rings. The average molecular weight is 330 g/mol. The summed E-state index contributed by atoms with van der Waals surface area (Å²) >= 11 is 0. The van der Waals surface area contributed by atoms with Crippen LogP contribution in [-0.4, -0.2) is 47.5 Å². The van der Waals surface area contributed by atoms with Crippen molar-refractivity contribution < 1.29 is 9.53 Å². The van der Waals surface area contributed by atoms with Crippen molar-refractivity contribution in [3.8, 4) is 0 Å². The van der Waals surface area contributed by atoms with Gasteiger partial charge in [0.25, 0.3) is 0 Å². The van der Waals surface area contributed by atoms with Gasteiger partial charge in [-0.1, -0.05) is 0 Å². The molecule has 8 heteroatoms. The zero-order valence-corrected chi connectivity index (χ0v) is 13.9. The maximum atomic E-state index is 12.1. The summed E-state index contributed by atoms with van der Waals surface area (Å²) in [4.78, 5) is 18.8. The minimum Gasteiger partial charge on any atom is -0.378 e. The highest BCUT2D eigenvalue weighted by molar-refractivity contribution is 5.89. The van der Waals surface area contributed by atoms with Crippen molar-refractivity contribution in [3.63, 3.8) is 0 Å². The number of carbonyl (C=O) groups excluding carboxylic acids is 1. The topological polar surface area (TPSA) is 95.2 Å². The molecular weight excluding hydrogens is 308 g/mol. The fourth-order valence-corrected chi connectivity index (χ4v) is 2.54. The highest BCUT2D eigenvalue weighted by Gasteiger charge is 2.14. The highest BCUT2D eigenvalue weighted by atomic mass is 16.5. The summed E-state index contributed by atoms with van der Waals surface area (Å²) in [5.74, 6) is 0.913. The van der Waals surface area contributed by atoms with Crippen molar-refractivity contribution >= 4 is 17.5 Å². The van der Waals surface area contributed by atoms with Crippen molar-refractivity contribution in [2.24, 2.45) is 0 Å². The van der Waals surface area contributed by atoms with Gasteiger partial charge in [0.15, 0.2) is 0 Å². The van der Waals surface area contributed by atoms with Crippen LogP contribution in [0.1, 0.15) is 17.0 Å². The Morgan fingerprint density at radius 2 is 2.12 bits per heavy atom. The van der Waals surface area contributed by atoms with E-state index in [1.807, 2.05) is 26.0 Å². The molecule has 1 aliphatic rings. The van der Waals surface area contributed by atoms with E-state index in [-0.39, 0.29) is 6.03 Å². The number of ether oxygens (including phenoxy) is 1. The van der Waals surface area contributed by atoms with Gasteiger partial charge < -0.3 is 20.3 Å². The first-order valence-electron chi connectivity index (χ1n) is 7.97. The van der Waals surface area contributed by atoms with Gasteiger partial charge in [0, 0.05) is 30.9 Å². The largest absolute Gasteiger partial charge is 0.378 e. The minimum atomic E-state index is -0.264. The molecule has 0 saturated carbocycles. The lowest BCUT2D eigenvalue weighted by atomic mass is 10.2. The summed E-state index contributed by atoms with van der Waals surface area (Å²) in [6, 6.07) is 3.55. The first kappa shape index (κ1) is 16.3. The van der Waals surface area contributed by atoms with Crippen LogP contribution in [0.3, 0.4) is 0 Å². The molecule has 0 aliphatic carbocycles. The minimum absolute atomic E-state index is 0.264. The van der Waals surface area contributed by atoms with E-state index in [1.165, 1.54) is 0 Å². The maximum Gasteiger partial charge on any atom is 0.319 e. The molecule has 24 heavy (non-hydrogen) atoms. The van der Waals surface area contributed by atoms with Crippen LogP contribution in [0, 0.1) is 13.8 Å². The van der Waals surface area contributed by atoms with Crippen molar-refractivity contribution in [1.82, 2.24) is 20.5 Å². The lowest BCUT2D eigenvalue weighted by molar-refractivity contribution is 0.122. The lowest BCUT2D eigenvalue weighted by Gasteiger charge is -2.28. The summed E-state index contributed by atoms with van der Waals surface area (Å²) in [6.07, 6.45) is 1.71. The van der Waals surface area contributed by atoms with Crippen LogP contribution in [0.5, 0.6) is 0 Å². The van der Waals surface area contributed by atoms with Gasteiger partial charge in [-0.3, -0.25) is 5.10 Å². The number of pyridine rings is 1. The monoisotopic (exact) mass is 330 g/mol. The molecular formula is C16H22N6O2. The van der Waals surface area contributed by atoms with E-state index < -0.39 is 0 Å². The molecule has 2 aromatic rings. The van der Waals surface area contributed by atoms with E-state index >= 15 is 0 Å². The van der Waals surface area contributed by atoms with Crippen LogP contribution in [0.4, 0.5) is 16.3 Å². The number of hydrogen-bond acceptors (Lipinski definition) is 5. The van der Waals surface area contributed by atoms with Crippen LogP contribution in [0.15, 0.2) is 18.3 Å². The number of aromatic nitrogens is 3. The molecule has 3 N–H and O–H groups in total. The van der Waals surface area contributed by atoms with Crippen LogP contribution >= 0.6 is 0 Å². The van der Waals surface area contributed by atoms with E-state index in [4.69, 9.17) is 4.74 Å². The molecule has 0 bridgehead atoms. The van der Waals surface area contributed by atoms with Gasteiger partial charge in [-0.15, -0.1) is 0 Å². The number of anilines is 2. The van der Waals surface area contributed by atoms with E-state index in [0.29, 0.717) is 12.2 Å².